The smallest absolute Gasteiger partial charge is 0.230 e. The molecule has 4 nitrogen and oxygen atoms in total. The Labute approximate surface area is 140 Å². The lowest BCUT2D eigenvalue weighted by molar-refractivity contribution is -0.118. The van der Waals surface area contributed by atoms with Gasteiger partial charge in [0.1, 0.15) is 15.9 Å². The number of rotatable bonds is 6. The number of fused-ring (bicyclic) bond motifs is 1. The zero-order valence-electron chi connectivity index (χ0n) is 13.4. The summed E-state index contributed by atoms with van der Waals surface area (Å²) in [5.74, 6) is 1.95. The van der Waals surface area contributed by atoms with Crippen molar-refractivity contribution < 1.29 is 4.79 Å². The van der Waals surface area contributed by atoms with Crippen molar-refractivity contribution in [2.45, 2.75) is 73.7 Å². The maximum Gasteiger partial charge on any atom is 0.230 e. The van der Waals surface area contributed by atoms with Gasteiger partial charge < -0.3 is 5.32 Å². The van der Waals surface area contributed by atoms with Crippen molar-refractivity contribution in [2.75, 3.05) is 5.75 Å². The zero-order chi connectivity index (χ0) is 15.7. The summed E-state index contributed by atoms with van der Waals surface area (Å²) >= 11 is 3.42. The third-order valence-corrected chi connectivity index (χ3v) is 6.44. The van der Waals surface area contributed by atoms with Gasteiger partial charge in [-0.25, -0.2) is 9.97 Å². The van der Waals surface area contributed by atoms with Gasteiger partial charge in [-0.1, -0.05) is 32.5 Å². The van der Waals surface area contributed by atoms with E-state index in [0.29, 0.717) is 23.0 Å². The Kier molecular flexibility index (Phi) is 4.97. The Balaban J connectivity index is 1.77. The van der Waals surface area contributed by atoms with E-state index in [4.69, 9.17) is 9.97 Å². The average molecular weight is 338 g/mol. The highest BCUT2D eigenvalue weighted by molar-refractivity contribution is 8.01. The van der Waals surface area contributed by atoms with Gasteiger partial charge in [0.05, 0.1) is 5.75 Å². The molecule has 0 unspecified atom stereocenters. The second kappa shape index (κ2) is 6.79. The number of aryl methyl sites for hydroxylation is 1. The molecule has 120 valence electrons. The second-order valence-electron chi connectivity index (χ2n) is 6.16. The molecule has 1 saturated carbocycles. The molecule has 0 saturated heterocycles. The Bertz CT molecular complexity index is 575. The van der Waals surface area contributed by atoms with Gasteiger partial charge in [0, 0.05) is 23.3 Å². The first-order valence-corrected chi connectivity index (χ1v) is 9.94. The molecule has 0 aromatic carbocycles. The fraction of sp³-hybridized carbons (Fsp3) is 0.688. The van der Waals surface area contributed by atoms with Crippen LogP contribution in [0.4, 0.5) is 0 Å². The number of thioether (sulfide) groups is 2. The summed E-state index contributed by atoms with van der Waals surface area (Å²) in [5.41, 5.74) is 1.25. The Hall–Kier alpha value is -0.750. The van der Waals surface area contributed by atoms with Gasteiger partial charge in [-0.2, -0.15) is 0 Å². The molecule has 1 aromatic rings. The molecule has 1 aliphatic carbocycles. The molecule has 3 rings (SSSR count). The van der Waals surface area contributed by atoms with Gasteiger partial charge in [0.2, 0.25) is 5.91 Å². The van der Waals surface area contributed by atoms with Gasteiger partial charge in [-0.05, 0) is 25.2 Å². The predicted octanol–water partition coefficient (Wildman–Crippen LogP) is 3.40. The van der Waals surface area contributed by atoms with E-state index in [1.165, 1.54) is 5.56 Å². The van der Waals surface area contributed by atoms with Gasteiger partial charge in [-0.3, -0.25) is 4.79 Å². The maximum absolute atomic E-state index is 11.9. The highest BCUT2D eigenvalue weighted by Gasteiger charge is 2.32. The van der Waals surface area contributed by atoms with Crippen molar-refractivity contribution in [3.8, 4) is 0 Å². The monoisotopic (exact) mass is 337 g/mol. The number of carbonyl (C=O) groups is 1. The summed E-state index contributed by atoms with van der Waals surface area (Å²) in [6.07, 6.45) is 4.20. The summed E-state index contributed by atoms with van der Waals surface area (Å²) in [4.78, 5) is 21.4. The maximum atomic E-state index is 11.9. The highest BCUT2D eigenvalue weighted by Crippen LogP contribution is 2.47. The molecule has 0 bridgehead atoms. The minimum Gasteiger partial charge on any atom is -0.353 e. The van der Waals surface area contributed by atoms with Gasteiger partial charge >= 0.3 is 0 Å². The van der Waals surface area contributed by atoms with Crippen molar-refractivity contribution >= 4 is 29.4 Å². The topological polar surface area (TPSA) is 54.9 Å². The first-order valence-electron chi connectivity index (χ1n) is 8.08. The van der Waals surface area contributed by atoms with E-state index >= 15 is 0 Å². The number of aromatic nitrogens is 2. The molecule has 1 amide bonds. The fourth-order valence-corrected chi connectivity index (χ4v) is 4.82. The van der Waals surface area contributed by atoms with E-state index in [1.54, 1.807) is 11.8 Å². The Morgan fingerprint density at radius 3 is 2.82 bits per heavy atom. The van der Waals surface area contributed by atoms with Crippen LogP contribution in [0.5, 0.6) is 0 Å². The summed E-state index contributed by atoms with van der Waals surface area (Å²) in [5, 5.41) is 5.72. The average Bonchev–Trinajstić information content (AvgIpc) is 3.23. The van der Waals surface area contributed by atoms with Gasteiger partial charge in [0.15, 0.2) is 0 Å². The lowest BCUT2D eigenvalue weighted by atomic mass is 10.0. The normalized spacial score (nSPS) is 23.4. The third-order valence-electron chi connectivity index (χ3n) is 4.14. The minimum absolute atomic E-state index is 0.128. The summed E-state index contributed by atoms with van der Waals surface area (Å²) in [6, 6.07) is 0.425. The number of carbonyl (C=O) groups excluding carboxylic acids is 1. The van der Waals surface area contributed by atoms with Crippen LogP contribution < -0.4 is 5.32 Å². The van der Waals surface area contributed by atoms with Crippen molar-refractivity contribution in [1.82, 2.24) is 15.3 Å². The summed E-state index contributed by atoms with van der Waals surface area (Å²) < 4.78 is 0. The molecule has 1 aromatic heterocycles. The van der Waals surface area contributed by atoms with Crippen LogP contribution in [0.3, 0.4) is 0 Å². The Morgan fingerprint density at radius 2 is 2.14 bits per heavy atom. The SMILES string of the molecule is CCCc1nc(SCC(=O)NC2CC2)c2c(n1)S[C@H](C)[C@@H]2C. The summed E-state index contributed by atoms with van der Waals surface area (Å²) in [6.45, 7) is 6.62. The standard InChI is InChI=1S/C16H23N3OS2/c1-4-5-12-18-15(21-8-13(20)17-11-6-7-11)14-9(2)10(3)22-16(14)19-12/h9-11H,4-8H2,1-3H3,(H,17,20)/t9-,10+/m0/s1. The van der Waals surface area contributed by atoms with E-state index in [1.807, 2.05) is 11.8 Å². The first-order chi connectivity index (χ1) is 10.6. The number of nitrogens with one attached hydrogen (secondary N) is 1. The van der Waals surface area contributed by atoms with Gasteiger partial charge in [0.25, 0.3) is 0 Å². The van der Waals surface area contributed by atoms with E-state index in [0.717, 1.165) is 41.6 Å². The van der Waals surface area contributed by atoms with E-state index in [2.05, 4.69) is 26.1 Å². The molecule has 1 aliphatic heterocycles. The number of hydrogen-bond donors (Lipinski definition) is 1. The van der Waals surface area contributed by atoms with Crippen LogP contribution in [0.15, 0.2) is 10.1 Å². The quantitative estimate of drug-likeness (QED) is 0.637. The first kappa shape index (κ1) is 16.1. The van der Waals surface area contributed by atoms with Crippen LogP contribution in [0.1, 0.15) is 57.3 Å². The number of nitrogens with zero attached hydrogens (tertiary/aromatic N) is 2. The molecule has 6 heteroatoms. The third kappa shape index (κ3) is 3.59. The van der Waals surface area contributed by atoms with Crippen molar-refractivity contribution in [1.29, 1.82) is 0 Å². The number of amides is 1. The largest absolute Gasteiger partial charge is 0.353 e. The van der Waals surface area contributed by atoms with Crippen molar-refractivity contribution in [2.24, 2.45) is 0 Å². The minimum atomic E-state index is 0.128. The zero-order valence-corrected chi connectivity index (χ0v) is 15.0. The predicted molar refractivity (Wildman–Crippen MR) is 91.6 cm³/mol. The molecule has 2 heterocycles. The van der Waals surface area contributed by atoms with Crippen LogP contribution >= 0.6 is 23.5 Å². The summed E-state index contributed by atoms with van der Waals surface area (Å²) in [7, 11) is 0. The molecule has 1 fully saturated rings. The Morgan fingerprint density at radius 1 is 1.36 bits per heavy atom. The molecule has 0 radical (unpaired) electrons. The van der Waals surface area contributed by atoms with Gasteiger partial charge in [-0.15, -0.1) is 11.8 Å². The molecule has 2 atom stereocenters. The van der Waals surface area contributed by atoms with Crippen molar-refractivity contribution in [3.05, 3.63) is 11.4 Å². The van der Waals surface area contributed by atoms with Crippen molar-refractivity contribution in [3.63, 3.8) is 0 Å². The number of hydrogen-bond acceptors (Lipinski definition) is 5. The fourth-order valence-electron chi connectivity index (χ4n) is 2.54. The molecular formula is C16H23N3OS2. The van der Waals surface area contributed by atoms with E-state index in [-0.39, 0.29) is 5.91 Å². The van der Waals surface area contributed by atoms with Crippen LogP contribution in [-0.2, 0) is 11.2 Å². The molecule has 0 spiro atoms. The lowest BCUT2D eigenvalue weighted by Gasteiger charge is -2.13. The van der Waals surface area contributed by atoms with Crippen LogP contribution in [0.25, 0.3) is 0 Å². The molecule has 1 N–H and O–H groups in total. The molecular weight excluding hydrogens is 314 g/mol. The van der Waals surface area contributed by atoms with E-state index in [9.17, 15) is 4.79 Å². The molecule has 2 aliphatic rings. The van der Waals surface area contributed by atoms with E-state index < -0.39 is 0 Å². The van der Waals surface area contributed by atoms with Crippen LogP contribution in [-0.4, -0.2) is 32.9 Å². The second-order valence-corrected chi connectivity index (χ2v) is 8.49. The lowest BCUT2D eigenvalue weighted by Crippen LogP contribution is -2.27. The molecule has 22 heavy (non-hydrogen) atoms. The highest BCUT2D eigenvalue weighted by atomic mass is 32.2. The van der Waals surface area contributed by atoms with Crippen LogP contribution in [0.2, 0.25) is 0 Å². The van der Waals surface area contributed by atoms with Crippen LogP contribution in [0, 0.1) is 0 Å².